The summed E-state index contributed by atoms with van der Waals surface area (Å²) in [4.78, 5) is 0. The molecular weight excluding hydrogens is 317 g/mol. The minimum absolute atomic E-state index is 0.152. The number of halogens is 4. The van der Waals surface area contributed by atoms with Crippen LogP contribution in [0.1, 0.15) is 5.56 Å². The van der Waals surface area contributed by atoms with Crippen molar-refractivity contribution in [2.75, 3.05) is 0 Å². The van der Waals surface area contributed by atoms with E-state index in [0.29, 0.717) is 16.1 Å². The van der Waals surface area contributed by atoms with Crippen LogP contribution >= 0.6 is 11.6 Å². The van der Waals surface area contributed by atoms with E-state index in [-0.39, 0.29) is 11.8 Å². The van der Waals surface area contributed by atoms with Crippen molar-refractivity contribution in [3.63, 3.8) is 0 Å². The molecule has 1 heterocycles. The van der Waals surface area contributed by atoms with Crippen LogP contribution in [0.25, 0.3) is 22.9 Å². The van der Waals surface area contributed by atoms with Crippen LogP contribution in [0.2, 0.25) is 5.02 Å². The van der Waals surface area contributed by atoms with E-state index in [9.17, 15) is 13.2 Å². The molecule has 0 aliphatic rings. The highest BCUT2D eigenvalue weighted by molar-refractivity contribution is 6.30. The molecule has 0 spiro atoms. The molecule has 0 atom stereocenters. The Bertz CT molecular complexity index is 780. The van der Waals surface area contributed by atoms with Gasteiger partial charge in [-0.05, 0) is 48.5 Å². The largest absolute Gasteiger partial charge is 0.416 e. The van der Waals surface area contributed by atoms with Crippen molar-refractivity contribution in [2.45, 2.75) is 6.18 Å². The number of nitrogens with zero attached hydrogens (tertiary/aromatic N) is 2. The predicted octanol–water partition coefficient (Wildman–Crippen LogP) is 5.08. The zero-order valence-electron chi connectivity index (χ0n) is 10.9. The fraction of sp³-hybridized carbons (Fsp3) is 0.0667. The maximum atomic E-state index is 12.5. The number of aromatic nitrogens is 2. The Morgan fingerprint density at radius 2 is 1.23 bits per heavy atom. The van der Waals surface area contributed by atoms with E-state index in [1.165, 1.54) is 12.1 Å². The van der Waals surface area contributed by atoms with E-state index in [1.54, 1.807) is 24.3 Å². The van der Waals surface area contributed by atoms with Crippen molar-refractivity contribution < 1.29 is 17.6 Å². The summed E-state index contributed by atoms with van der Waals surface area (Å²) in [6.45, 7) is 0. The van der Waals surface area contributed by atoms with Crippen LogP contribution in [-0.4, -0.2) is 10.2 Å². The minimum atomic E-state index is -4.37. The molecule has 112 valence electrons. The summed E-state index contributed by atoms with van der Waals surface area (Å²) in [6, 6.07) is 11.3. The number of rotatable bonds is 2. The number of benzene rings is 2. The van der Waals surface area contributed by atoms with E-state index in [0.717, 1.165) is 12.1 Å². The van der Waals surface area contributed by atoms with Crippen LogP contribution in [0, 0.1) is 0 Å². The third-order valence-electron chi connectivity index (χ3n) is 2.98. The quantitative estimate of drug-likeness (QED) is 0.660. The molecule has 2 aromatic carbocycles. The molecule has 0 aliphatic heterocycles. The number of hydrogen-bond acceptors (Lipinski definition) is 3. The Balaban J connectivity index is 1.89. The lowest BCUT2D eigenvalue weighted by atomic mass is 10.1. The van der Waals surface area contributed by atoms with Crippen molar-refractivity contribution in [1.29, 1.82) is 0 Å². The van der Waals surface area contributed by atoms with Crippen molar-refractivity contribution in [2.24, 2.45) is 0 Å². The Kier molecular flexibility index (Phi) is 3.62. The fourth-order valence-electron chi connectivity index (χ4n) is 1.85. The zero-order chi connectivity index (χ0) is 15.7. The highest BCUT2D eigenvalue weighted by Crippen LogP contribution is 2.31. The maximum absolute atomic E-state index is 12.5. The lowest BCUT2D eigenvalue weighted by Crippen LogP contribution is -2.03. The molecule has 0 radical (unpaired) electrons. The Morgan fingerprint density at radius 1 is 0.773 bits per heavy atom. The van der Waals surface area contributed by atoms with Gasteiger partial charge in [-0.15, -0.1) is 10.2 Å². The first-order valence-electron chi connectivity index (χ1n) is 6.20. The van der Waals surface area contributed by atoms with E-state index in [1.807, 2.05) is 0 Å². The van der Waals surface area contributed by atoms with Crippen LogP contribution in [0.5, 0.6) is 0 Å². The summed E-state index contributed by atoms with van der Waals surface area (Å²) in [5, 5.41) is 8.30. The summed E-state index contributed by atoms with van der Waals surface area (Å²) in [5.41, 5.74) is 0.365. The van der Waals surface area contributed by atoms with E-state index >= 15 is 0 Å². The third kappa shape index (κ3) is 2.96. The molecule has 22 heavy (non-hydrogen) atoms. The topological polar surface area (TPSA) is 38.9 Å². The van der Waals surface area contributed by atoms with Crippen molar-refractivity contribution >= 4 is 11.6 Å². The second-order valence-corrected chi connectivity index (χ2v) is 4.93. The normalized spacial score (nSPS) is 11.6. The van der Waals surface area contributed by atoms with E-state index < -0.39 is 11.7 Å². The summed E-state index contributed by atoms with van der Waals surface area (Å²) in [7, 11) is 0. The van der Waals surface area contributed by atoms with Gasteiger partial charge in [0.1, 0.15) is 0 Å². The van der Waals surface area contributed by atoms with Gasteiger partial charge >= 0.3 is 6.18 Å². The van der Waals surface area contributed by atoms with Crippen molar-refractivity contribution in [3.05, 3.63) is 59.1 Å². The third-order valence-corrected chi connectivity index (χ3v) is 3.23. The average Bonchev–Trinajstić information content (AvgIpc) is 2.97. The molecule has 0 saturated carbocycles. The molecule has 0 fully saturated rings. The molecular formula is C15H8ClF3N2O. The summed E-state index contributed by atoms with van der Waals surface area (Å²) in [5.74, 6) is 0.422. The highest BCUT2D eigenvalue weighted by Gasteiger charge is 2.30. The second kappa shape index (κ2) is 5.46. The molecule has 0 amide bonds. The average molecular weight is 325 g/mol. The second-order valence-electron chi connectivity index (χ2n) is 4.49. The molecule has 0 saturated heterocycles. The van der Waals surface area contributed by atoms with Gasteiger partial charge in [-0.3, -0.25) is 0 Å². The van der Waals surface area contributed by atoms with Crippen LogP contribution in [0.15, 0.2) is 52.9 Å². The monoisotopic (exact) mass is 324 g/mol. The first-order valence-corrected chi connectivity index (χ1v) is 6.58. The first kappa shape index (κ1) is 14.6. The molecule has 0 unspecified atom stereocenters. The highest BCUT2D eigenvalue weighted by atomic mass is 35.5. The van der Waals surface area contributed by atoms with Gasteiger partial charge in [-0.1, -0.05) is 11.6 Å². The van der Waals surface area contributed by atoms with Gasteiger partial charge in [0, 0.05) is 16.1 Å². The maximum Gasteiger partial charge on any atom is 0.416 e. The van der Waals surface area contributed by atoms with Crippen LogP contribution < -0.4 is 0 Å². The fourth-order valence-corrected chi connectivity index (χ4v) is 1.98. The minimum Gasteiger partial charge on any atom is -0.416 e. The Labute approximate surface area is 128 Å². The lowest BCUT2D eigenvalue weighted by molar-refractivity contribution is -0.137. The van der Waals surface area contributed by atoms with Gasteiger partial charge in [-0.2, -0.15) is 13.2 Å². The van der Waals surface area contributed by atoms with Gasteiger partial charge in [0.25, 0.3) is 0 Å². The molecule has 3 nitrogen and oxygen atoms in total. The van der Waals surface area contributed by atoms with Gasteiger partial charge < -0.3 is 4.42 Å². The molecule has 0 aliphatic carbocycles. The van der Waals surface area contributed by atoms with Crippen LogP contribution in [0.3, 0.4) is 0 Å². The molecule has 3 aromatic rings. The smallest absolute Gasteiger partial charge is 0.416 e. The predicted molar refractivity (Wildman–Crippen MR) is 75.2 cm³/mol. The lowest BCUT2D eigenvalue weighted by Gasteiger charge is -2.05. The van der Waals surface area contributed by atoms with Gasteiger partial charge in [0.05, 0.1) is 5.56 Å². The zero-order valence-corrected chi connectivity index (χ0v) is 11.7. The number of alkyl halides is 3. The molecule has 1 aromatic heterocycles. The summed E-state index contributed by atoms with van der Waals surface area (Å²) < 4.78 is 43.0. The van der Waals surface area contributed by atoms with Crippen LogP contribution in [-0.2, 0) is 6.18 Å². The van der Waals surface area contributed by atoms with Gasteiger partial charge in [-0.25, -0.2) is 0 Å². The SMILES string of the molecule is FC(F)(F)c1ccc(-c2nnc(-c3ccc(Cl)cc3)o2)cc1. The van der Waals surface area contributed by atoms with E-state index in [2.05, 4.69) is 10.2 Å². The van der Waals surface area contributed by atoms with Gasteiger partial charge in [0.15, 0.2) is 0 Å². The standard InChI is InChI=1S/C15H8ClF3N2O/c16-12-7-3-10(4-8-12)14-21-20-13(22-14)9-1-5-11(6-2-9)15(17,18)19/h1-8H. The van der Waals surface area contributed by atoms with Crippen molar-refractivity contribution in [3.8, 4) is 22.9 Å². The molecule has 7 heteroatoms. The number of hydrogen-bond donors (Lipinski definition) is 0. The molecule has 0 N–H and O–H groups in total. The molecule has 0 bridgehead atoms. The first-order chi connectivity index (χ1) is 10.4. The Hall–Kier alpha value is -2.34. The molecule has 3 rings (SSSR count). The van der Waals surface area contributed by atoms with Crippen LogP contribution in [0.4, 0.5) is 13.2 Å². The Morgan fingerprint density at radius 3 is 1.68 bits per heavy atom. The summed E-state index contributed by atoms with van der Waals surface area (Å²) >= 11 is 5.79. The van der Waals surface area contributed by atoms with Crippen molar-refractivity contribution in [1.82, 2.24) is 10.2 Å². The van der Waals surface area contributed by atoms with Gasteiger partial charge in [0.2, 0.25) is 11.8 Å². The summed E-state index contributed by atoms with van der Waals surface area (Å²) in [6.07, 6.45) is -4.37. The van der Waals surface area contributed by atoms with E-state index in [4.69, 9.17) is 16.0 Å².